The highest BCUT2D eigenvalue weighted by Crippen LogP contribution is 2.38. The van der Waals surface area contributed by atoms with Gasteiger partial charge in [0.15, 0.2) is 11.5 Å². The molecule has 4 rings (SSSR count). The van der Waals surface area contributed by atoms with E-state index in [-0.39, 0.29) is 5.63 Å². The van der Waals surface area contributed by atoms with Crippen molar-refractivity contribution in [3.05, 3.63) is 56.9 Å². The lowest BCUT2D eigenvalue weighted by molar-refractivity contribution is -0.945. The fraction of sp³-hybridized carbons (Fsp3) is 0.375. The first-order chi connectivity index (χ1) is 15.0. The number of benzene rings is 2. The van der Waals surface area contributed by atoms with Crippen LogP contribution in [0.25, 0.3) is 11.0 Å². The molecule has 7 heteroatoms. The summed E-state index contributed by atoms with van der Waals surface area (Å²) in [7, 11) is 4.83. The number of ether oxygens (including phenoxy) is 4. The lowest BCUT2D eigenvalue weighted by Gasteiger charge is -2.28. The third-order valence-electron chi connectivity index (χ3n) is 5.80. The van der Waals surface area contributed by atoms with Crippen molar-refractivity contribution in [1.82, 2.24) is 0 Å². The molecule has 2 aromatic carbocycles. The number of aryl methyl sites for hydroxylation is 2. The second kappa shape index (κ2) is 8.51. The Hall–Kier alpha value is -3.19. The minimum Gasteiger partial charge on any atom is -0.493 e. The molecule has 0 bridgehead atoms. The molecular formula is C24H28NO6+. The molecule has 0 radical (unpaired) electrons. The van der Waals surface area contributed by atoms with Gasteiger partial charge in [-0.1, -0.05) is 6.92 Å². The van der Waals surface area contributed by atoms with E-state index in [4.69, 9.17) is 23.4 Å². The molecule has 1 N–H and O–H groups in total. The Bertz CT molecular complexity index is 1160. The number of quaternary nitrogens is 1. The molecule has 2 heterocycles. The molecule has 3 aromatic rings. The summed E-state index contributed by atoms with van der Waals surface area (Å²) in [6.45, 7) is 6.03. The molecule has 0 spiro atoms. The van der Waals surface area contributed by atoms with Gasteiger partial charge in [-0.05, 0) is 37.1 Å². The zero-order chi connectivity index (χ0) is 22.1. The zero-order valence-corrected chi connectivity index (χ0v) is 18.6. The molecule has 0 amide bonds. The standard InChI is InChI=1S/C24H27NO6/c1-6-16-10-21(26)31-23-14(2)22-17(9-18(16)23)12-25(13-30-22)11-15-7-19(27-3)24(29-5)20(8-15)28-4/h7-10H,6,11-13H2,1-5H3/p+1. The van der Waals surface area contributed by atoms with Crippen LogP contribution in [0.5, 0.6) is 23.0 Å². The van der Waals surface area contributed by atoms with Crippen molar-refractivity contribution in [3.63, 3.8) is 0 Å². The summed E-state index contributed by atoms with van der Waals surface area (Å²) in [5, 5.41) is 0.982. The first-order valence-corrected chi connectivity index (χ1v) is 10.3. The number of methoxy groups -OCH3 is 3. The molecule has 7 nitrogen and oxygen atoms in total. The van der Waals surface area contributed by atoms with E-state index in [0.717, 1.165) is 52.9 Å². The maximum Gasteiger partial charge on any atom is 0.336 e. The maximum absolute atomic E-state index is 11.9. The van der Waals surface area contributed by atoms with Crippen molar-refractivity contribution in [2.24, 2.45) is 0 Å². The molecule has 0 saturated carbocycles. The van der Waals surface area contributed by atoms with Crippen LogP contribution in [0.1, 0.15) is 29.2 Å². The molecule has 1 unspecified atom stereocenters. The Morgan fingerprint density at radius 1 is 1.03 bits per heavy atom. The van der Waals surface area contributed by atoms with Crippen LogP contribution in [-0.4, -0.2) is 28.1 Å². The van der Waals surface area contributed by atoms with Crippen molar-refractivity contribution in [2.75, 3.05) is 28.1 Å². The molecule has 1 atom stereocenters. The van der Waals surface area contributed by atoms with E-state index in [1.807, 2.05) is 26.0 Å². The highest BCUT2D eigenvalue weighted by molar-refractivity contribution is 5.86. The number of hydrogen-bond donors (Lipinski definition) is 1. The van der Waals surface area contributed by atoms with Crippen LogP contribution < -0.4 is 29.5 Å². The Morgan fingerprint density at radius 2 is 1.74 bits per heavy atom. The third kappa shape index (κ3) is 3.81. The topological polar surface area (TPSA) is 71.6 Å². The Morgan fingerprint density at radius 3 is 2.35 bits per heavy atom. The third-order valence-corrected chi connectivity index (χ3v) is 5.80. The quantitative estimate of drug-likeness (QED) is 0.611. The van der Waals surface area contributed by atoms with E-state index in [0.29, 0.717) is 29.6 Å². The van der Waals surface area contributed by atoms with Crippen LogP contribution in [0.4, 0.5) is 0 Å². The number of hydrogen-bond acceptors (Lipinski definition) is 6. The van der Waals surface area contributed by atoms with E-state index in [1.54, 1.807) is 27.4 Å². The van der Waals surface area contributed by atoms with E-state index in [2.05, 4.69) is 6.07 Å². The molecule has 1 aliphatic rings. The second-order valence-corrected chi connectivity index (χ2v) is 7.74. The van der Waals surface area contributed by atoms with Gasteiger partial charge in [0.1, 0.15) is 24.4 Å². The maximum atomic E-state index is 11.9. The second-order valence-electron chi connectivity index (χ2n) is 7.74. The molecule has 0 aliphatic carbocycles. The number of fused-ring (bicyclic) bond motifs is 2. The summed E-state index contributed by atoms with van der Waals surface area (Å²) in [5.41, 5.74) is 4.35. The summed E-state index contributed by atoms with van der Waals surface area (Å²) < 4.78 is 28.0. The minimum absolute atomic E-state index is 0.321. The van der Waals surface area contributed by atoms with Gasteiger partial charge < -0.3 is 23.4 Å². The summed E-state index contributed by atoms with van der Waals surface area (Å²) in [6.07, 6.45) is 0.767. The first-order valence-electron chi connectivity index (χ1n) is 10.3. The molecule has 1 aliphatic heterocycles. The summed E-state index contributed by atoms with van der Waals surface area (Å²) in [5.74, 6) is 2.68. The van der Waals surface area contributed by atoms with Crippen molar-refractivity contribution < 1.29 is 28.3 Å². The lowest BCUT2D eigenvalue weighted by Crippen LogP contribution is -3.10. The van der Waals surface area contributed by atoms with Crippen LogP contribution in [-0.2, 0) is 19.5 Å². The zero-order valence-electron chi connectivity index (χ0n) is 18.6. The van der Waals surface area contributed by atoms with Crippen LogP contribution >= 0.6 is 0 Å². The molecule has 0 fully saturated rings. The number of rotatable bonds is 6. The SMILES string of the molecule is CCc1cc(=O)oc2c(C)c3c(cc12)C[NH+](Cc1cc(OC)c(OC)c(OC)c1)CO3. The van der Waals surface area contributed by atoms with E-state index in [9.17, 15) is 4.79 Å². The predicted octanol–water partition coefficient (Wildman–Crippen LogP) is 2.62. The largest absolute Gasteiger partial charge is 0.493 e. The van der Waals surface area contributed by atoms with Gasteiger partial charge in [-0.2, -0.15) is 0 Å². The van der Waals surface area contributed by atoms with Gasteiger partial charge in [0.05, 0.1) is 21.3 Å². The Balaban J connectivity index is 1.67. The van der Waals surface area contributed by atoms with Crippen LogP contribution in [0, 0.1) is 6.92 Å². The smallest absolute Gasteiger partial charge is 0.336 e. The van der Waals surface area contributed by atoms with Crippen molar-refractivity contribution >= 4 is 11.0 Å². The van der Waals surface area contributed by atoms with E-state index >= 15 is 0 Å². The fourth-order valence-corrected chi connectivity index (χ4v) is 4.33. The summed E-state index contributed by atoms with van der Waals surface area (Å²) in [6, 6.07) is 7.63. The average Bonchev–Trinajstić information content (AvgIpc) is 2.78. The van der Waals surface area contributed by atoms with Gasteiger partial charge in [-0.15, -0.1) is 0 Å². The monoisotopic (exact) mass is 426 g/mol. The minimum atomic E-state index is -0.321. The lowest BCUT2D eigenvalue weighted by atomic mass is 9.99. The molecule has 31 heavy (non-hydrogen) atoms. The van der Waals surface area contributed by atoms with Gasteiger partial charge in [0, 0.05) is 28.1 Å². The van der Waals surface area contributed by atoms with E-state index in [1.165, 1.54) is 4.90 Å². The summed E-state index contributed by atoms with van der Waals surface area (Å²) in [4.78, 5) is 13.2. The molecule has 164 valence electrons. The van der Waals surface area contributed by atoms with Crippen molar-refractivity contribution in [3.8, 4) is 23.0 Å². The predicted molar refractivity (Wildman–Crippen MR) is 117 cm³/mol. The van der Waals surface area contributed by atoms with Crippen molar-refractivity contribution in [1.29, 1.82) is 0 Å². The van der Waals surface area contributed by atoms with Crippen LogP contribution in [0.15, 0.2) is 33.5 Å². The normalized spacial score (nSPS) is 15.3. The fourth-order valence-electron chi connectivity index (χ4n) is 4.33. The van der Waals surface area contributed by atoms with Gasteiger partial charge in [-0.3, -0.25) is 4.90 Å². The highest BCUT2D eigenvalue weighted by Gasteiger charge is 2.26. The Labute approximate surface area is 181 Å². The van der Waals surface area contributed by atoms with Gasteiger partial charge >= 0.3 is 5.63 Å². The van der Waals surface area contributed by atoms with E-state index < -0.39 is 0 Å². The van der Waals surface area contributed by atoms with Crippen LogP contribution in [0.3, 0.4) is 0 Å². The summed E-state index contributed by atoms with van der Waals surface area (Å²) >= 11 is 0. The van der Waals surface area contributed by atoms with Crippen LogP contribution in [0.2, 0.25) is 0 Å². The Kier molecular flexibility index (Phi) is 5.78. The molecule has 0 saturated heterocycles. The van der Waals surface area contributed by atoms with Gasteiger partial charge in [-0.25, -0.2) is 4.79 Å². The average molecular weight is 426 g/mol. The number of nitrogens with one attached hydrogen (secondary N) is 1. The van der Waals surface area contributed by atoms with Crippen molar-refractivity contribution in [2.45, 2.75) is 33.4 Å². The molecular weight excluding hydrogens is 398 g/mol. The van der Waals surface area contributed by atoms with Gasteiger partial charge in [0.2, 0.25) is 12.5 Å². The highest BCUT2D eigenvalue weighted by atomic mass is 16.5. The van der Waals surface area contributed by atoms with Gasteiger partial charge in [0.25, 0.3) is 0 Å². The first kappa shape index (κ1) is 21.1. The molecule has 1 aromatic heterocycles.